The third-order valence-corrected chi connectivity index (χ3v) is 7.51. The topological polar surface area (TPSA) is 16.1 Å². The highest BCUT2D eigenvalue weighted by molar-refractivity contribution is 8.29. The number of para-hydroxylation sites is 1. The smallest absolute Gasteiger partial charge is 0.151 e. The van der Waals surface area contributed by atoms with Gasteiger partial charge in [0.1, 0.15) is 4.32 Å². The molecule has 0 unspecified atom stereocenters. The molecule has 21 heavy (non-hydrogen) atoms. The van der Waals surface area contributed by atoms with E-state index in [9.17, 15) is 0 Å². The van der Waals surface area contributed by atoms with Crippen molar-refractivity contribution in [2.45, 2.75) is 24.1 Å². The van der Waals surface area contributed by atoms with Crippen molar-refractivity contribution < 1.29 is 0 Å². The van der Waals surface area contributed by atoms with Crippen LogP contribution in [0.5, 0.6) is 0 Å². The number of thiazole rings is 1. The van der Waals surface area contributed by atoms with Crippen molar-refractivity contribution in [3.05, 3.63) is 24.3 Å². The lowest BCUT2D eigenvalue weighted by Crippen LogP contribution is -2.35. The molecule has 0 aliphatic carbocycles. The van der Waals surface area contributed by atoms with E-state index in [-0.39, 0.29) is 0 Å². The van der Waals surface area contributed by atoms with Crippen LogP contribution in [0, 0.1) is 5.92 Å². The largest absolute Gasteiger partial charge is 0.357 e. The number of hydrogen-bond donors (Lipinski definition) is 0. The lowest BCUT2D eigenvalue weighted by molar-refractivity contribution is 0.287. The van der Waals surface area contributed by atoms with E-state index < -0.39 is 0 Å². The molecule has 0 saturated carbocycles. The molecule has 1 fully saturated rings. The number of likely N-dealkylation sites (tertiary alicyclic amines) is 1. The lowest BCUT2D eigenvalue weighted by Gasteiger charge is -2.31. The normalized spacial score (nSPS) is 16.5. The highest BCUT2D eigenvalue weighted by atomic mass is 32.2. The van der Waals surface area contributed by atoms with Crippen LogP contribution in [-0.2, 0) is 0 Å². The molecule has 1 aromatic carbocycles. The van der Waals surface area contributed by atoms with Gasteiger partial charge in [-0.25, -0.2) is 4.98 Å². The Bertz CT molecular complexity index is 584. The Morgan fingerprint density at radius 1 is 1.38 bits per heavy atom. The second-order valence-electron chi connectivity index (χ2n) is 5.29. The van der Waals surface area contributed by atoms with Gasteiger partial charge in [0, 0.05) is 13.1 Å². The Labute approximate surface area is 143 Å². The monoisotopic (exact) mass is 354 g/mol. The summed E-state index contributed by atoms with van der Waals surface area (Å²) in [6.45, 7) is 4.58. The number of benzene rings is 1. The first-order chi connectivity index (χ1) is 10.2. The highest BCUT2D eigenvalue weighted by Gasteiger charge is 2.18. The van der Waals surface area contributed by atoms with E-state index in [1.165, 1.54) is 17.5 Å². The predicted molar refractivity (Wildman–Crippen MR) is 101 cm³/mol. The van der Waals surface area contributed by atoms with Crippen LogP contribution in [0.25, 0.3) is 10.2 Å². The Morgan fingerprint density at radius 3 is 2.90 bits per heavy atom. The first kappa shape index (κ1) is 15.6. The van der Waals surface area contributed by atoms with Crippen LogP contribution in [0.2, 0.25) is 0 Å². The van der Waals surface area contributed by atoms with E-state index in [0.29, 0.717) is 0 Å². The average Bonchev–Trinajstić information content (AvgIpc) is 2.90. The van der Waals surface area contributed by atoms with E-state index in [0.717, 1.165) is 38.3 Å². The van der Waals surface area contributed by atoms with E-state index in [2.05, 4.69) is 35.0 Å². The first-order valence-corrected chi connectivity index (χ1v) is 10.3. The molecule has 0 spiro atoms. The van der Waals surface area contributed by atoms with E-state index in [1.54, 1.807) is 34.9 Å². The van der Waals surface area contributed by atoms with Gasteiger partial charge in [-0.1, -0.05) is 54.8 Å². The van der Waals surface area contributed by atoms with Crippen molar-refractivity contribution >= 4 is 61.6 Å². The molecule has 1 aliphatic heterocycles. The lowest BCUT2D eigenvalue weighted by atomic mass is 10.00. The minimum absolute atomic E-state index is 0.853. The standard InChI is InChI=1S/C15H18N2S4/c1-11-6-8-17(9-7-11)15(18)20-10-19-14-16-12-4-2-3-5-13(12)21-14/h2-5,11H,6-10H2,1H3. The predicted octanol–water partition coefficient (Wildman–Crippen LogP) is 5.10. The second kappa shape index (κ2) is 7.31. The van der Waals surface area contributed by atoms with Gasteiger partial charge in [-0.15, -0.1) is 11.3 Å². The molecule has 1 aromatic heterocycles. The molecule has 3 rings (SSSR count). The van der Waals surface area contributed by atoms with Gasteiger partial charge in [0.05, 0.1) is 15.3 Å². The Kier molecular flexibility index (Phi) is 5.43. The van der Waals surface area contributed by atoms with Crippen molar-refractivity contribution in [1.82, 2.24) is 9.88 Å². The maximum atomic E-state index is 5.55. The van der Waals surface area contributed by atoms with Crippen molar-refractivity contribution in [1.29, 1.82) is 0 Å². The van der Waals surface area contributed by atoms with E-state index in [4.69, 9.17) is 12.2 Å². The summed E-state index contributed by atoms with van der Waals surface area (Å²) < 4.78 is 3.45. The Balaban J connectivity index is 1.48. The third kappa shape index (κ3) is 4.12. The number of thioether (sulfide) groups is 2. The summed E-state index contributed by atoms with van der Waals surface area (Å²) >= 11 is 10.9. The summed E-state index contributed by atoms with van der Waals surface area (Å²) in [6, 6.07) is 8.31. The van der Waals surface area contributed by atoms with Gasteiger partial charge in [0.25, 0.3) is 0 Å². The summed E-state index contributed by atoms with van der Waals surface area (Å²) in [4.78, 5) is 7.00. The summed E-state index contributed by atoms with van der Waals surface area (Å²) in [5.74, 6) is 0.853. The maximum Gasteiger partial charge on any atom is 0.151 e. The minimum Gasteiger partial charge on any atom is -0.357 e. The molecule has 6 heteroatoms. The zero-order chi connectivity index (χ0) is 14.7. The molecule has 0 N–H and O–H groups in total. The zero-order valence-electron chi connectivity index (χ0n) is 11.9. The van der Waals surface area contributed by atoms with Crippen LogP contribution in [-0.4, -0.2) is 32.4 Å². The fourth-order valence-electron chi connectivity index (χ4n) is 2.33. The van der Waals surface area contributed by atoms with E-state index in [1.807, 2.05) is 6.07 Å². The summed E-state index contributed by atoms with van der Waals surface area (Å²) in [7, 11) is 0. The molecule has 0 amide bonds. The maximum absolute atomic E-state index is 5.55. The molecule has 2 heterocycles. The SMILES string of the molecule is CC1CCN(C(=S)SCSc2nc3ccccc3s2)CC1. The number of piperidine rings is 1. The zero-order valence-corrected chi connectivity index (χ0v) is 15.2. The van der Waals surface area contributed by atoms with Crippen LogP contribution in [0.4, 0.5) is 0 Å². The molecule has 2 aromatic rings. The number of fused-ring (bicyclic) bond motifs is 1. The van der Waals surface area contributed by atoms with Crippen molar-refractivity contribution in [3.8, 4) is 0 Å². The number of thiocarbonyl (C=S) groups is 1. The first-order valence-electron chi connectivity index (χ1n) is 7.12. The molecule has 1 aliphatic rings. The molecule has 0 bridgehead atoms. The van der Waals surface area contributed by atoms with Crippen LogP contribution in [0.1, 0.15) is 19.8 Å². The summed E-state index contributed by atoms with van der Waals surface area (Å²) in [5, 5.41) is 0.949. The van der Waals surface area contributed by atoms with Crippen LogP contribution >= 0.6 is 47.1 Å². The molecule has 0 radical (unpaired) electrons. The minimum atomic E-state index is 0.853. The fourth-order valence-corrected chi connectivity index (χ4v) is 6.15. The molecular formula is C15H18N2S4. The van der Waals surface area contributed by atoms with Gasteiger partial charge in [0.2, 0.25) is 0 Å². The van der Waals surface area contributed by atoms with Gasteiger partial charge in [-0.2, -0.15) is 0 Å². The van der Waals surface area contributed by atoms with Gasteiger partial charge in [-0.05, 0) is 30.9 Å². The number of nitrogens with zero attached hydrogens (tertiary/aromatic N) is 2. The fraction of sp³-hybridized carbons (Fsp3) is 0.467. The van der Waals surface area contributed by atoms with Gasteiger partial charge in [0.15, 0.2) is 4.34 Å². The molecule has 1 saturated heterocycles. The van der Waals surface area contributed by atoms with Gasteiger partial charge >= 0.3 is 0 Å². The van der Waals surface area contributed by atoms with Crippen LogP contribution in [0.3, 0.4) is 0 Å². The van der Waals surface area contributed by atoms with Crippen LogP contribution in [0.15, 0.2) is 28.6 Å². The number of hydrogen-bond acceptors (Lipinski definition) is 5. The van der Waals surface area contributed by atoms with Crippen LogP contribution < -0.4 is 0 Å². The number of aromatic nitrogens is 1. The number of rotatable bonds is 3. The van der Waals surface area contributed by atoms with E-state index >= 15 is 0 Å². The molecule has 112 valence electrons. The van der Waals surface area contributed by atoms with Crippen molar-refractivity contribution in [3.63, 3.8) is 0 Å². The summed E-state index contributed by atoms with van der Waals surface area (Å²) in [5.41, 5.74) is 1.10. The quantitative estimate of drug-likeness (QED) is 0.432. The molecular weight excluding hydrogens is 336 g/mol. The van der Waals surface area contributed by atoms with Crippen molar-refractivity contribution in [2.24, 2.45) is 5.92 Å². The van der Waals surface area contributed by atoms with Gasteiger partial charge < -0.3 is 4.90 Å². The Hall–Kier alpha value is -0.300. The third-order valence-electron chi connectivity index (χ3n) is 3.68. The highest BCUT2D eigenvalue weighted by Crippen LogP contribution is 2.32. The average molecular weight is 355 g/mol. The molecule has 0 atom stereocenters. The summed E-state index contributed by atoms with van der Waals surface area (Å²) in [6.07, 6.45) is 2.54. The van der Waals surface area contributed by atoms with Gasteiger partial charge in [-0.3, -0.25) is 0 Å². The second-order valence-corrected chi connectivity index (χ2v) is 9.52. The molecule has 2 nitrogen and oxygen atoms in total. The Morgan fingerprint density at radius 2 is 2.14 bits per heavy atom. The van der Waals surface area contributed by atoms with Crippen molar-refractivity contribution in [2.75, 3.05) is 18.2 Å².